The molecule has 1 aliphatic carbocycles. The van der Waals surface area contributed by atoms with Crippen molar-refractivity contribution in [2.75, 3.05) is 11.9 Å². The van der Waals surface area contributed by atoms with Gasteiger partial charge in [0.15, 0.2) is 12.1 Å². The van der Waals surface area contributed by atoms with E-state index in [9.17, 15) is 4.79 Å². The van der Waals surface area contributed by atoms with Crippen LogP contribution in [0.1, 0.15) is 65.4 Å². The van der Waals surface area contributed by atoms with Crippen molar-refractivity contribution < 1.29 is 9.21 Å². The number of nitrogens with one attached hydrogen (secondary N) is 2. The van der Waals surface area contributed by atoms with Crippen LogP contribution in [-0.2, 0) is 19.4 Å². The minimum atomic E-state index is -0.307. The maximum absolute atomic E-state index is 12.2. The number of benzene rings is 1. The molecule has 5 rings (SSSR count). The quantitative estimate of drug-likeness (QED) is 0.308. The summed E-state index contributed by atoms with van der Waals surface area (Å²) in [6.45, 7) is 8.23. The summed E-state index contributed by atoms with van der Waals surface area (Å²) in [5, 5.41) is 7.64. The van der Waals surface area contributed by atoms with Gasteiger partial charge >= 0.3 is 0 Å². The number of rotatable bonds is 7. The summed E-state index contributed by atoms with van der Waals surface area (Å²) in [6.07, 6.45) is 5.96. The first-order valence-corrected chi connectivity index (χ1v) is 13.3. The number of thiophene rings is 1. The van der Waals surface area contributed by atoms with Crippen LogP contribution in [0, 0.1) is 11.3 Å². The number of anilines is 1. The van der Waals surface area contributed by atoms with Crippen molar-refractivity contribution in [2.45, 2.75) is 52.6 Å². The fourth-order valence-electron chi connectivity index (χ4n) is 4.88. The average Bonchev–Trinajstić information content (AvgIpc) is 3.53. The summed E-state index contributed by atoms with van der Waals surface area (Å²) in [4.78, 5) is 23.4. The van der Waals surface area contributed by atoms with E-state index in [0.29, 0.717) is 23.6 Å². The van der Waals surface area contributed by atoms with Crippen molar-refractivity contribution in [1.29, 1.82) is 0 Å². The minimum Gasteiger partial charge on any atom is -0.451 e. The molecule has 0 saturated carbocycles. The number of pyridine rings is 1. The number of nitrogens with two attached hydrogens (primary N) is 1. The summed E-state index contributed by atoms with van der Waals surface area (Å²) in [5.74, 6) is 0.398. The third-order valence-electron chi connectivity index (χ3n) is 7.14. The number of hydrogen-bond acceptors (Lipinski definition) is 7. The number of fused-ring (bicyclic) bond motifs is 2. The van der Waals surface area contributed by atoms with Gasteiger partial charge in [-0.15, -0.1) is 11.3 Å². The van der Waals surface area contributed by atoms with Crippen LogP contribution in [0.3, 0.4) is 0 Å². The van der Waals surface area contributed by atoms with Gasteiger partial charge in [0, 0.05) is 40.8 Å². The maximum Gasteiger partial charge on any atom is 0.277 e. The Morgan fingerprint density at radius 2 is 2.06 bits per heavy atom. The van der Waals surface area contributed by atoms with Gasteiger partial charge in [-0.2, -0.15) is 0 Å². The molecule has 1 aromatic carbocycles. The number of nitrogens with zero attached hydrogens (tertiary/aromatic N) is 2. The van der Waals surface area contributed by atoms with Crippen LogP contribution in [-0.4, -0.2) is 22.4 Å². The molecule has 1 amide bonds. The molecule has 0 spiro atoms. The summed E-state index contributed by atoms with van der Waals surface area (Å²) in [5.41, 5.74) is 11.1. The summed E-state index contributed by atoms with van der Waals surface area (Å²) < 4.78 is 4.87. The largest absolute Gasteiger partial charge is 0.451 e. The normalized spacial score (nSPS) is 16.6. The fourth-order valence-corrected chi connectivity index (χ4v) is 5.86. The number of oxazole rings is 1. The smallest absolute Gasteiger partial charge is 0.277 e. The lowest BCUT2D eigenvalue weighted by molar-refractivity contribution is 0.102. The Labute approximate surface area is 215 Å². The lowest BCUT2D eigenvalue weighted by Crippen LogP contribution is -2.27. The monoisotopic (exact) mass is 503 g/mol. The number of aryl methyl sites for hydroxylation is 1. The second kappa shape index (κ2) is 10.1. The molecule has 3 aromatic heterocycles. The van der Waals surface area contributed by atoms with Crippen molar-refractivity contribution in [3.8, 4) is 0 Å². The van der Waals surface area contributed by atoms with Crippen molar-refractivity contribution in [2.24, 2.45) is 17.1 Å². The second-order valence-corrected chi connectivity index (χ2v) is 11.7. The average molecular weight is 504 g/mol. The van der Waals surface area contributed by atoms with E-state index in [1.54, 1.807) is 11.3 Å². The summed E-state index contributed by atoms with van der Waals surface area (Å²) in [7, 11) is 0. The van der Waals surface area contributed by atoms with E-state index in [-0.39, 0.29) is 17.6 Å². The Balaban J connectivity index is 1.23. The first kappa shape index (κ1) is 24.6. The zero-order valence-corrected chi connectivity index (χ0v) is 21.8. The third kappa shape index (κ3) is 5.36. The van der Waals surface area contributed by atoms with Crippen LogP contribution in [0.4, 0.5) is 5.69 Å². The maximum atomic E-state index is 12.2. The highest BCUT2D eigenvalue weighted by Crippen LogP contribution is 2.38. The van der Waals surface area contributed by atoms with Gasteiger partial charge in [0.25, 0.3) is 5.91 Å². The van der Waals surface area contributed by atoms with Gasteiger partial charge in [-0.1, -0.05) is 32.9 Å². The predicted molar refractivity (Wildman–Crippen MR) is 144 cm³/mol. The van der Waals surface area contributed by atoms with Crippen molar-refractivity contribution in [3.63, 3.8) is 0 Å². The molecular weight excluding hydrogens is 470 g/mol. The number of carbonyl (C=O) groups excluding carboxylic acids is 1. The van der Waals surface area contributed by atoms with Gasteiger partial charge < -0.3 is 20.8 Å². The van der Waals surface area contributed by atoms with Crippen LogP contribution in [0.2, 0.25) is 0 Å². The molecule has 2 atom stereocenters. The van der Waals surface area contributed by atoms with Gasteiger partial charge in [-0.05, 0) is 66.0 Å². The van der Waals surface area contributed by atoms with Crippen molar-refractivity contribution in [1.82, 2.24) is 15.3 Å². The second-order valence-electron chi connectivity index (χ2n) is 10.6. The minimum absolute atomic E-state index is 0.00390. The molecule has 0 fully saturated rings. The van der Waals surface area contributed by atoms with Crippen LogP contribution in [0.5, 0.6) is 0 Å². The molecule has 3 heterocycles. The van der Waals surface area contributed by atoms with Crippen molar-refractivity contribution in [3.05, 3.63) is 76.4 Å². The molecule has 188 valence electrons. The SMILES string of the molecule is CC(C)(C)[C@@H]1CCc2nc3sc(CN[C@H](CN)c4ccc(NC(=O)c5cocn5)cc4)cc3cc2C1. The van der Waals surface area contributed by atoms with E-state index >= 15 is 0 Å². The van der Waals surface area contributed by atoms with E-state index in [1.807, 2.05) is 24.3 Å². The van der Waals surface area contributed by atoms with Gasteiger partial charge in [0.05, 0.1) is 0 Å². The Morgan fingerprint density at radius 1 is 1.25 bits per heavy atom. The fraction of sp³-hybridized carbons (Fsp3) is 0.393. The molecule has 36 heavy (non-hydrogen) atoms. The molecule has 8 heteroatoms. The summed E-state index contributed by atoms with van der Waals surface area (Å²) >= 11 is 1.76. The molecular formula is C28H33N5O2S. The number of aromatic nitrogens is 2. The van der Waals surface area contributed by atoms with E-state index in [1.165, 1.54) is 40.6 Å². The molecule has 0 radical (unpaired) electrons. The Kier molecular flexibility index (Phi) is 6.92. The van der Waals surface area contributed by atoms with Crippen LogP contribution < -0.4 is 16.4 Å². The first-order valence-electron chi connectivity index (χ1n) is 12.4. The van der Waals surface area contributed by atoms with Crippen LogP contribution >= 0.6 is 11.3 Å². The zero-order chi connectivity index (χ0) is 25.3. The molecule has 7 nitrogen and oxygen atoms in total. The Morgan fingerprint density at radius 3 is 2.75 bits per heavy atom. The number of carbonyl (C=O) groups is 1. The highest BCUT2D eigenvalue weighted by atomic mass is 32.1. The van der Waals surface area contributed by atoms with Crippen LogP contribution in [0.25, 0.3) is 10.2 Å². The molecule has 0 unspecified atom stereocenters. The molecule has 1 aliphatic rings. The molecule has 4 aromatic rings. The van der Waals surface area contributed by atoms with E-state index < -0.39 is 0 Å². The van der Waals surface area contributed by atoms with Gasteiger partial charge in [-0.3, -0.25) is 4.79 Å². The van der Waals surface area contributed by atoms with Crippen molar-refractivity contribution >= 4 is 33.1 Å². The van der Waals surface area contributed by atoms with E-state index in [2.05, 4.69) is 48.5 Å². The highest BCUT2D eigenvalue weighted by molar-refractivity contribution is 7.18. The number of amides is 1. The topological polar surface area (TPSA) is 106 Å². The lowest BCUT2D eigenvalue weighted by Gasteiger charge is -2.34. The molecule has 0 saturated heterocycles. The van der Waals surface area contributed by atoms with E-state index in [0.717, 1.165) is 29.8 Å². The Hall–Kier alpha value is -3.07. The highest BCUT2D eigenvalue weighted by Gasteiger charge is 2.29. The van der Waals surface area contributed by atoms with Gasteiger partial charge in [-0.25, -0.2) is 9.97 Å². The van der Waals surface area contributed by atoms with Gasteiger partial charge in [0.2, 0.25) is 0 Å². The van der Waals surface area contributed by atoms with E-state index in [4.69, 9.17) is 15.1 Å². The lowest BCUT2D eigenvalue weighted by atomic mass is 9.71. The van der Waals surface area contributed by atoms with Gasteiger partial charge in [0.1, 0.15) is 11.1 Å². The molecule has 4 N–H and O–H groups in total. The number of hydrogen-bond donors (Lipinski definition) is 3. The predicted octanol–water partition coefficient (Wildman–Crippen LogP) is 5.48. The van der Waals surface area contributed by atoms with Crippen LogP contribution in [0.15, 0.2) is 53.5 Å². The first-order chi connectivity index (χ1) is 17.3. The summed E-state index contributed by atoms with van der Waals surface area (Å²) in [6, 6.07) is 12.3. The Bertz CT molecular complexity index is 1340. The molecule has 0 bridgehead atoms. The zero-order valence-electron chi connectivity index (χ0n) is 21.0. The standard InChI is InChI=1S/C28H33N5O2S/c1-28(2,3)20-6-9-23-18(11-20)10-19-12-22(36-27(19)33-23)14-30-24(13-29)17-4-7-21(8-5-17)32-26(34)25-15-35-16-31-25/h4-5,7-8,10,12,15-16,20,24,30H,6,9,11,13-14,29H2,1-3H3,(H,32,34)/t20-,24-/m1/s1. The molecule has 0 aliphatic heterocycles. The third-order valence-corrected chi connectivity index (χ3v) is 8.19.